The fourth-order valence-electron chi connectivity index (χ4n) is 1.41. The number of rotatable bonds is 5. The molecule has 0 aliphatic heterocycles. The third kappa shape index (κ3) is 3.76. The minimum absolute atomic E-state index is 0.635. The first-order valence-corrected chi connectivity index (χ1v) is 5.26. The zero-order valence-corrected chi connectivity index (χ0v) is 9.71. The molecule has 1 rings (SSSR count). The van der Waals surface area contributed by atoms with Crippen molar-refractivity contribution in [3.05, 3.63) is 41.5 Å². The molecule has 1 N–H and O–H groups in total. The largest absolute Gasteiger partial charge is 0.489 e. The van der Waals surface area contributed by atoms with Gasteiger partial charge in [-0.15, -0.1) is 0 Å². The van der Waals surface area contributed by atoms with Crippen LogP contribution in [0.4, 0.5) is 0 Å². The quantitative estimate of drug-likeness (QED) is 0.746. The van der Waals surface area contributed by atoms with Crippen LogP contribution in [0.1, 0.15) is 18.1 Å². The number of nitrogens with one attached hydrogen (secondary N) is 1. The highest BCUT2D eigenvalue weighted by Gasteiger charge is 2.02. The molecule has 0 saturated heterocycles. The van der Waals surface area contributed by atoms with Crippen LogP contribution in [0, 0.1) is 6.92 Å². The van der Waals surface area contributed by atoms with E-state index in [2.05, 4.69) is 24.4 Å². The van der Waals surface area contributed by atoms with Gasteiger partial charge in [0.05, 0.1) is 0 Å². The van der Waals surface area contributed by atoms with E-state index in [1.165, 1.54) is 11.1 Å². The second-order valence-corrected chi connectivity index (χ2v) is 3.52. The average molecular weight is 205 g/mol. The summed E-state index contributed by atoms with van der Waals surface area (Å²) in [7, 11) is 1.94. The summed E-state index contributed by atoms with van der Waals surface area (Å²) < 4.78 is 5.66. The Morgan fingerprint density at radius 1 is 1.40 bits per heavy atom. The van der Waals surface area contributed by atoms with Crippen LogP contribution in [-0.4, -0.2) is 13.7 Å². The van der Waals surface area contributed by atoms with Crippen molar-refractivity contribution < 1.29 is 4.74 Å². The van der Waals surface area contributed by atoms with Crippen LogP contribution >= 0.6 is 0 Å². The van der Waals surface area contributed by atoms with Crippen LogP contribution in [0.25, 0.3) is 0 Å². The Kier molecular flexibility index (Phi) is 4.91. The van der Waals surface area contributed by atoms with Crippen molar-refractivity contribution in [3.8, 4) is 5.75 Å². The van der Waals surface area contributed by atoms with Gasteiger partial charge in [0.15, 0.2) is 0 Å². The van der Waals surface area contributed by atoms with Crippen molar-refractivity contribution in [2.45, 2.75) is 20.4 Å². The molecule has 0 spiro atoms. The molecule has 2 nitrogen and oxygen atoms in total. The summed E-state index contributed by atoms with van der Waals surface area (Å²) in [4.78, 5) is 0. The van der Waals surface area contributed by atoms with Crippen LogP contribution in [0.5, 0.6) is 5.75 Å². The van der Waals surface area contributed by atoms with Crippen LogP contribution in [0.15, 0.2) is 30.4 Å². The lowest BCUT2D eigenvalue weighted by Gasteiger charge is -2.10. The Morgan fingerprint density at radius 3 is 2.87 bits per heavy atom. The molecule has 0 fully saturated rings. The van der Waals surface area contributed by atoms with E-state index >= 15 is 0 Å². The van der Waals surface area contributed by atoms with Crippen molar-refractivity contribution >= 4 is 0 Å². The minimum atomic E-state index is 0.635. The first-order valence-electron chi connectivity index (χ1n) is 5.26. The topological polar surface area (TPSA) is 21.3 Å². The van der Waals surface area contributed by atoms with E-state index in [0.717, 1.165) is 12.3 Å². The molecule has 0 radical (unpaired) electrons. The lowest BCUT2D eigenvalue weighted by Crippen LogP contribution is -2.07. The van der Waals surface area contributed by atoms with Crippen LogP contribution < -0.4 is 10.1 Å². The lowest BCUT2D eigenvalue weighted by atomic mass is 10.1. The second kappa shape index (κ2) is 6.25. The zero-order chi connectivity index (χ0) is 11.1. The minimum Gasteiger partial charge on any atom is -0.489 e. The van der Waals surface area contributed by atoms with E-state index in [1.54, 1.807) is 0 Å². The van der Waals surface area contributed by atoms with Gasteiger partial charge in [0.2, 0.25) is 0 Å². The molecule has 82 valence electrons. The summed E-state index contributed by atoms with van der Waals surface area (Å²) in [5.41, 5.74) is 2.47. The molecule has 15 heavy (non-hydrogen) atoms. The van der Waals surface area contributed by atoms with Crippen LogP contribution in [-0.2, 0) is 6.54 Å². The van der Waals surface area contributed by atoms with Gasteiger partial charge in [-0.3, -0.25) is 0 Å². The molecule has 0 aliphatic rings. The van der Waals surface area contributed by atoms with Gasteiger partial charge < -0.3 is 10.1 Å². The SMILES string of the molecule is CC=CCOc1ccc(C)cc1CNC. The van der Waals surface area contributed by atoms with E-state index in [4.69, 9.17) is 4.74 Å². The highest BCUT2D eigenvalue weighted by Crippen LogP contribution is 2.19. The van der Waals surface area contributed by atoms with Gasteiger partial charge in [-0.2, -0.15) is 0 Å². The Balaban J connectivity index is 2.75. The monoisotopic (exact) mass is 205 g/mol. The number of allylic oxidation sites excluding steroid dienone is 1. The van der Waals surface area contributed by atoms with E-state index in [0.29, 0.717) is 6.61 Å². The summed E-state index contributed by atoms with van der Waals surface area (Å²) >= 11 is 0. The second-order valence-electron chi connectivity index (χ2n) is 3.52. The van der Waals surface area contributed by atoms with Gasteiger partial charge in [0.1, 0.15) is 12.4 Å². The lowest BCUT2D eigenvalue weighted by molar-refractivity contribution is 0.357. The van der Waals surface area contributed by atoms with Crippen molar-refractivity contribution in [3.63, 3.8) is 0 Å². The molecule has 0 atom stereocenters. The van der Waals surface area contributed by atoms with Crippen molar-refractivity contribution in [2.24, 2.45) is 0 Å². The standard InChI is InChI=1S/C13H19NO/c1-4-5-8-15-13-7-6-11(2)9-12(13)10-14-3/h4-7,9,14H,8,10H2,1-3H3. The van der Waals surface area contributed by atoms with E-state index < -0.39 is 0 Å². The maximum Gasteiger partial charge on any atom is 0.124 e. The van der Waals surface area contributed by atoms with Gasteiger partial charge in [-0.05, 0) is 27.0 Å². The summed E-state index contributed by atoms with van der Waals surface area (Å²) in [5, 5.41) is 3.14. The fourth-order valence-corrected chi connectivity index (χ4v) is 1.41. The maximum atomic E-state index is 5.66. The highest BCUT2D eigenvalue weighted by atomic mass is 16.5. The molecule has 0 saturated carbocycles. The van der Waals surface area contributed by atoms with E-state index in [-0.39, 0.29) is 0 Å². The predicted octanol–water partition coefficient (Wildman–Crippen LogP) is 2.67. The molecular weight excluding hydrogens is 186 g/mol. The smallest absolute Gasteiger partial charge is 0.124 e. The van der Waals surface area contributed by atoms with Gasteiger partial charge in [-0.25, -0.2) is 0 Å². The Bertz CT molecular complexity index is 331. The molecule has 0 aliphatic carbocycles. The Labute approximate surface area is 92.0 Å². The molecule has 0 heterocycles. The summed E-state index contributed by atoms with van der Waals surface area (Å²) in [6, 6.07) is 6.26. The first-order chi connectivity index (χ1) is 7.27. The maximum absolute atomic E-state index is 5.66. The predicted molar refractivity (Wildman–Crippen MR) is 64.3 cm³/mol. The number of benzene rings is 1. The van der Waals surface area contributed by atoms with Gasteiger partial charge >= 0.3 is 0 Å². The molecule has 0 aromatic heterocycles. The zero-order valence-electron chi connectivity index (χ0n) is 9.71. The normalized spacial score (nSPS) is 10.9. The van der Waals surface area contributed by atoms with Crippen LogP contribution in [0.3, 0.4) is 0 Å². The average Bonchev–Trinajstić information content (AvgIpc) is 2.22. The molecule has 2 heteroatoms. The molecule has 1 aromatic carbocycles. The Morgan fingerprint density at radius 2 is 2.20 bits per heavy atom. The third-order valence-electron chi connectivity index (χ3n) is 2.15. The Hall–Kier alpha value is -1.28. The molecule has 0 bridgehead atoms. The summed E-state index contributed by atoms with van der Waals surface area (Å²) in [6.07, 6.45) is 3.99. The number of ether oxygens (including phenoxy) is 1. The van der Waals surface area contributed by atoms with E-state index in [1.807, 2.05) is 32.2 Å². The van der Waals surface area contributed by atoms with Crippen LogP contribution in [0.2, 0.25) is 0 Å². The van der Waals surface area contributed by atoms with Crippen molar-refractivity contribution in [2.75, 3.05) is 13.7 Å². The molecule has 0 amide bonds. The fraction of sp³-hybridized carbons (Fsp3) is 0.385. The first kappa shape index (κ1) is 11.8. The highest BCUT2D eigenvalue weighted by molar-refractivity contribution is 5.36. The summed E-state index contributed by atoms with van der Waals surface area (Å²) in [5.74, 6) is 0.966. The van der Waals surface area contributed by atoms with Gasteiger partial charge in [0.25, 0.3) is 0 Å². The van der Waals surface area contributed by atoms with E-state index in [9.17, 15) is 0 Å². The van der Waals surface area contributed by atoms with Crippen molar-refractivity contribution in [1.82, 2.24) is 5.32 Å². The van der Waals surface area contributed by atoms with Gasteiger partial charge in [0, 0.05) is 12.1 Å². The van der Waals surface area contributed by atoms with Crippen molar-refractivity contribution in [1.29, 1.82) is 0 Å². The van der Waals surface area contributed by atoms with Gasteiger partial charge in [-0.1, -0.05) is 29.8 Å². The number of aryl methyl sites for hydroxylation is 1. The third-order valence-corrected chi connectivity index (χ3v) is 2.15. The summed E-state index contributed by atoms with van der Waals surface area (Å²) in [6.45, 7) is 5.56. The molecule has 0 unspecified atom stereocenters. The molecule has 1 aromatic rings. The number of hydrogen-bond acceptors (Lipinski definition) is 2. The molecular formula is C13H19NO. The number of hydrogen-bond donors (Lipinski definition) is 1.